The minimum Gasteiger partial charge on any atom is -0.450 e. The van der Waals surface area contributed by atoms with Crippen molar-refractivity contribution in [2.75, 3.05) is 25.0 Å². The molecule has 4 heteroatoms. The van der Waals surface area contributed by atoms with E-state index >= 15 is 0 Å². The first kappa shape index (κ1) is 12.4. The predicted molar refractivity (Wildman–Crippen MR) is 64.7 cm³/mol. The van der Waals surface area contributed by atoms with Gasteiger partial charge in [-0.2, -0.15) is 0 Å². The van der Waals surface area contributed by atoms with E-state index in [2.05, 4.69) is 10.6 Å². The van der Waals surface area contributed by atoms with Crippen LogP contribution in [0.3, 0.4) is 0 Å². The summed E-state index contributed by atoms with van der Waals surface area (Å²) in [6.07, 6.45) is -0.367. The highest BCUT2D eigenvalue weighted by Crippen LogP contribution is 2.07. The number of hydrogen-bond donors (Lipinski definition) is 2. The summed E-state index contributed by atoms with van der Waals surface area (Å²) in [7, 11) is 0. The van der Waals surface area contributed by atoms with Crippen molar-refractivity contribution in [3.05, 3.63) is 29.8 Å². The van der Waals surface area contributed by atoms with Crippen molar-refractivity contribution in [1.82, 2.24) is 5.32 Å². The first-order valence-electron chi connectivity index (χ1n) is 5.43. The Morgan fingerprint density at radius 3 is 2.56 bits per heavy atom. The van der Waals surface area contributed by atoms with Crippen LogP contribution in [-0.4, -0.2) is 25.8 Å². The molecule has 1 rings (SSSR count). The van der Waals surface area contributed by atoms with Crippen molar-refractivity contribution in [2.24, 2.45) is 0 Å². The van der Waals surface area contributed by atoms with Gasteiger partial charge in [-0.05, 0) is 26.0 Å². The number of anilines is 1. The van der Waals surface area contributed by atoms with Gasteiger partial charge < -0.3 is 15.4 Å². The Kier molecular flexibility index (Phi) is 5.19. The lowest BCUT2D eigenvalue weighted by atomic mass is 10.2. The van der Waals surface area contributed by atoms with Crippen LogP contribution >= 0.6 is 0 Å². The third-order valence-corrected chi connectivity index (χ3v) is 2.05. The number of hydrogen-bond acceptors (Lipinski definition) is 3. The minimum atomic E-state index is -0.367. The third-order valence-electron chi connectivity index (χ3n) is 2.05. The number of carbonyl (C=O) groups is 1. The first-order valence-corrected chi connectivity index (χ1v) is 5.43. The molecular weight excluding hydrogens is 204 g/mol. The van der Waals surface area contributed by atoms with E-state index in [1.807, 2.05) is 31.2 Å². The molecule has 0 unspecified atom stereocenters. The van der Waals surface area contributed by atoms with Crippen molar-refractivity contribution in [3.63, 3.8) is 0 Å². The Morgan fingerprint density at radius 2 is 1.94 bits per heavy atom. The SMILES string of the molecule is CCOC(=O)NCCNc1ccc(C)cc1. The van der Waals surface area contributed by atoms with E-state index in [9.17, 15) is 4.79 Å². The number of ether oxygens (including phenoxy) is 1. The molecule has 0 aliphatic heterocycles. The summed E-state index contributed by atoms with van der Waals surface area (Å²) in [5.74, 6) is 0. The highest BCUT2D eigenvalue weighted by molar-refractivity contribution is 5.67. The second kappa shape index (κ2) is 6.71. The quantitative estimate of drug-likeness (QED) is 0.750. The van der Waals surface area contributed by atoms with E-state index in [1.54, 1.807) is 6.92 Å². The molecule has 1 amide bonds. The molecule has 0 bridgehead atoms. The molecule has 2 N–H and O–H groups in total. The Hall–Kier alpha value is -1.71. The fraction of sp³-hybridized carbons (Fsp3) is 0.417. The van der Waals surface area contributed by atoms with E-state index in [0.29, 0.717) is 19.7 Å². The predicted octanol–water partition coefficient (Wildman–Crippen LogP) is 2.15. The number of amides is 1. The van der Waals surface area contributed by atoms with Crippen LogP contribution in [0.2, 0.25) is 0 Å². The van der Waals surface area contributed by atoms with Gasteiger partial charge in [0.05, 0.1) is 6.61 Å². The molecule has 0 aromatic heterocycles. The Morgan fingerprint density at radius 1 is 1.25 bits per heavy atom. The van der Waals surface area contributed by atoms with Gasteiger partial charge in [-0.1, -0.05) is 17.7 Å². The molecule has 1 aromatic rings. The highest BCUT2D eigenvalue weighted by atomic mass is 16.5. The average molecular weight is 222 g/mol. The molecule has 0 aliphatic carbocycles. The van der Waals surface area contributed by atoms with Crippen LogP contribution < -0.4 is 10.6 Å². The Bertz CT molecular complexity index is 322. The summed E-state index contributed by atoms with van der Waals surface area (Å²) in [4.78, 5) is 10.9. The maximum Gasteiger partial charge on any atom is 0.407 e. The second-order valence-electron chi connectivity index (χ2n) is 3.44. The van der Waals surface area contributed by atoms with Crippen LogP contribution in [0.25, 0.3) is 0 Å². The van der Waals surface area contributed by atoms with Gasteiger partial charge in [0, 0.05) is 18.8 Å². The Balaban J connectivity index is 2.16. The smallest absolute Gasteiger partial charge is 0.407 e. The molecule has 0 aliphatic rings. The van der Waals surface area contributed by atoms with Crippen LogP contribution in [0.15, 0.2) is 24.3 Å². The molecule has 1 aromatic carbocycles. The summed E-state index contributed by atoms with van der Waals surface area (Å²) < 4.78 is 4.73. The van der Waals surface area contributed by atoms with Gasteiger partial charge in [-0.25, -0.2) is 4.79 Å². The summed E-state index contributed by atoms with van der Waals surface area (Å²) >= 11 is 0. The monoisotopic (exact) mass is 222 g/mol. The van der Waals surface area contributed by atoms with Gasteiger partial charge in [0.25, 0.3) is 0 Å². The topological polar surface area (TPSA) is 50.4 Å². The highest BCUT2D eigenvalue weighted by Gasteiger charge is 1.97. The molecule has 4 nitrogen and oxygen atoms in total. The molecule has 0 saturated carbocycles. The van der Waals surface area contributed by atoms with Crippen LogP contribution in [0.4, 0.5) is 10.5 Å². The molecule has 16 heavy (non-hydrogen) atoms. The summed E-state index contributed by atoms with van der Waals surface area (Å²) in [5, 5.41) is 5.84. The van der Waals surface area contributed by atoms with E-state index in [-0.39, 0.29) is 6.09 Å². The summed E-state index contributed by atoms with van der Waals surface area (Å²) in [5.41, 5.74) is 2.28. The van der Waals surface area contributed by atoms with Crippen molar-refractivity contribution in [1.29, 1.82) is 0 Å². The largest absolute Gasteiger partial charge is 0.450 e. The number of nitrogens with one attached hydrogen (secondary N) is 2. The summed E-state index contributed by atoms with van der Waals surface area (Å²) in [6.45, 7) is 5.46. The van der Waals surface area contributed by atoms with Crippen molar-refractivity contribution < 1.29 is 9.53 Å². The minimum absolute atomic E-state index is 0.367. The number of carbonyl (C=O) groups excluding carboxylic acids is 1. The maximum atomic E-state index is 10.9. The van der Waals surface area contributed by atoms with E-state index in [0.717, 1.165) is 5.69 Å². The fourth-order valence-corrected chi connectivity index (χ4v) is 1.22. The van der Waals surface area contributed by atoms with E-state index in [4.69, 9.17) is 4.74 Å². The van der Waals surface area contributed by atoms with Crippen molar-refractivity contribution in [3.8, 4) is 0 Å². The van der Waals surface area contributed by atoms with Gasteiger partial charge in [0.1, 0.15) is 0 Å². The zero-order valence-electron chi connectivity index (χ0n) is 9.75. The molecule has 88 valence electrons. The number of rotatable bonds is 5. The molecular formula is C12H18N2O2. The Labute approximate surface area is 96.0 Å². The third kappa shape index (κ3) is 4.68. The standard InChI is InChI=1S/C12H18N2O2/c1-3-16-12(15)14-9-8-13-11-6-4-10(2)5-7-11/h4-7,13H,3,8-9H2,1-2H3,(H,14,15). The molecule has 0 heterocycles. The second-order valence-corrected chi connectivity index (χ2v) is 3.44. The molecule has 0 saturated heterocycles. The lowest BCUT2D eigenvalue weighted by Gasteiger charge is -2.08. The van der Waals surface area contributed by atoms with Crippen molar-refractivity contribution >= 4 is 11.8 Å². The van der Waals surface area contributed by atoms with E-state index in [1.165, 1.54) is 5.56 Å². The lowest BCUT2D eigenvalue weighted by molar-refractivity contribution is 0.152. The van der Waals surface area contributed by atoms with Crippen LogP contribution in [0.5, 0.6) is 0 Å². The van der Waals surface area contributed by atoms with Crippen molar-refractivity contribution in [2.45, 2.75) is 13.8 Å². The van der Waals surface area contributed by atoms with E-state index < -0.39 is 0 Å². The number of alkyl carbamates (subject to hydrolysis) is 1. The summed E-state index contributed by atoms with van der Waals surface area (Å²) in [6, 6.07) is 8.11. The number of aryl methyl sites for hydroxylation is 1. The molecule has 0 atom stereocenters. The molecule has 0 radical (unpaired) electrons. The zero-order chi connectivity index (χ0) is 11.8. The average Bonchev–Trinajstić information content (AvgIpc) is 2.27. The van der Waals surface area contributed by atoms with Gasteiger partial charge in [-0.15, -0.1) is 0 Å². The number of benzene rings is 1. The van der Waals surface area contributed by atoms with Gasteiger partial charge in [-0.3, -0.25) is 0 Å². The first-order chi connectivity index (χ1) is 7.72. The van der Waals surface area contributed by atoms with Gasteiger partial charge in [0.2, 0.25) is 0 Å². The lowest BCUT2D eigenvalue weighted by Crippen LogP contribution is -2.29. The fourth-order valence-electron chi connectivity index (χ4n) is 1.22. The van der Waals surface area contributed by atoms with Crippen LogP contribution in [0, 0.1) is 6.92 Å². The molecule has 0 fully saturated rings. The maximum absolute atomic E-state index is 10.9. The zero-order valence-corrected chi connectivity index (χ0v) is 9.75. The normalized spacial score (nSPS) is 9.62. The van der Waals surface area contributed by atoms with Gasteiger partial charge >= 0.3 is 6.09 Å². The van der Waals surface area contributed by atoms with Crippen LogP contribution in [-0.2, 0) is 4.74 Å². The molecule has 0 spiro atoms. The van der Waals surface area contributed by atoms with Crippen LogP contribution in [0.1, 0.15) is 12.5 Å². The van der Waals surface area contributed by atoms with Gasteiger partial charge in [0.15, 0.2) is 0 Å².